The van der Waals surface area contributed by atoms with Gasteiger partial charge in [0.25, 0.3) is 0 Å². The number of nitrogens with zero attached hydrogens (tertiary/aromatic N) is 4. The first kappa shape index (κ1) is 11.3. The number of anilines is 3. The topological polar surface area (TPSA) is 67.7 Å². The molecule has 6 nitrogen and oxygen atoms in total. The Labute approximate surface area is 97.9 Å². The van der Waals surface area contributed by atoms with Crippen molar-refractivity contribution in [2.75, 3.05) is 17.7 Å². The molecular formula is C10H13FN6. The Morgan fingerprint density at radius 3 is 3.00 bits per heavy atom. The second-order valence-corrected chi connectivity index (χ2v) is 3.30. The van der Waals surface area contributed by atoms with Gasteiger partial charge in [0.2, 0.25) is 5.95 Å². The molecule has 17 heavy (non-hydrogen) atoms. The number of hydrogen-bond acceptors (Lipinski definition) is 5. The lowest BCUT2D eigenvalue weighted by Crippen LogP contribution is -2.07. The number of rotatable bonds is 4. The highest BCUT2D eigenvalue weighted by atomic mass is 19.1. The van der Waals surface area contributed by atoms with Crippen LogP contribution in [0.1, 0.15) is 6.92 Å². The van der Waals surface area contributed by atoms with Crippen LogP contribution in [0.2, 0.25) is 0 Å². The van der Waals surface area contributed by atoms with Crippen LogP contribution in [0.15, 0.2) is 18.5 Å². The second-order valence-electron chi connectivity index (χ2n) is 3.30. The standard InChI is InChI=1S/C10H13FN6/c1-3-17-8(4-5-14-17)15-10-13-6-7(11)9(12-2)16-10/h4-6H,3H2,1-2H3,(H2,12,13,15,16). The molecule has 90 valence electrons. The van der Waals surface area contributed by atoms with Crippen molar-refractivity contribution in [3.63, 3.8) is 0 Å². The van der Waals surface area contributed by atoms with Crippen molar-refractivity contribution in [2.45, 2.75) is 13.5 Å². The molecule has 0 saturated heterocycles. The monoisotopic (exact) mass is 236 g/mol. The van der Waals surface area contributed by atoms with E-state index in [2.05, 4.69) is 25.7 Å². The molecule has 0 aliphatic rings. The number of nitrogens with one attached hydrogen (secondary N) is 2. The fraction of sp³-hybridized carbons (Fsp3) is 0.300. The highest BCUT2D eigenvalue weighted by Gasteiger charge is 2.07. The van der Waals surface area contributed by atoms with Gasteiger partial charge in [0, 0.05) is 19.7 Å². The van der Waals surface area contributed by atoms with Crippen LogP contribution in [-0.4, -0.2) is 26.8 Å². The van der Waals surface area contributed by atoms with E-state index >= 15 is 0 Å². The van der Waals surface area contributed by atoms with E-state index < -0.39 is 5.82 Å². The van der Waals surface area contributed by atoms with Crippen molar-refractivity contribution in [2.24, 2.45) is 0 Å². The Bertz CT molecular complexity index is 509. The van der Waals surface area contributed by atoms with Crippen molar-refractivity contribution in [3.8, 4) is 0 Å². The van der Waals surface area contributed by atoms with Crippen molar-refractivity contribution in [1.82, 2.24) is 19.7 Å². The van der Waals surface area contributed by atoms with E-state index in [1.807, 2.05) is 6.92 Å². The fourth-order valence-electron chi connectivity index (χ4n) is 1.41. The van der Waals surface area contributed by atoms with Gasteiger partial charge in [-0.15, -0.1) is 0 Å². The van der Waals surface area contributed by atoms with Gasteiger partial charge >= 0.3 is 0 Å². The molecule has 2 heterocycles. The van der Waals surface area contributed by atoms with Gasteiger partial charge < -0.3 is 10.6 Å². The maximum Gasteiger partial charge on any atom is 0.230 e. The van der Waals surface area contributed by atoms with Crippen molar-refractivity contribution < 1.29 is 4.39 Å². The summed E-state index contributed by atoms with van der Waals surface area (Å²) in [5, 5.41) is 9.73. The first-order chi connectivity index (χ1) is 8.24. The molecule has 2 aromatic heterocycles. The first-order valence-corrected chi connectivity index (χ1v) is 5.23. The highest BCUT2D eigenvalue weighted by molar-refractivity contribution is 5.50. The molecule has 2 N–H and O–H groups in total. The Morgan fingerprint density at radius 2 is 2.29 bits per heavy atom. The van der Waals surface area contributed by atoms with Gasteiger partial charge in [0.1, 0.15) is 5.82 Å². The Morgan fingerprint density at radius 1 is 1.47 bits per heavy atom. The Balaban J connectivity index is 2.24. The quantitative estimate of drug-likeness (QED) is 0.844. The largest absolute Gasteiger partial charge is 0.371 e. The molecule has 2 aromatic rings. The molecule has 0 saturated carbocycles. The van der Waals surface area contributed by atoms with E-state index in [4.69, 9.17) is 0 Å². The molecular weight excluding hydrogens is 223 g/mol. The normalized spacial score (nSPS) is 10.3. The van der Waals surface area contributed by atoms with Gasteiger partial charge in [-0.2, -0.15) is 10.1 Å². The van der Waals surface area contributed by atoms with Crippen molar-refractivity contribution >= 4 is 17.6 Å². The Hall–Kier alpha value is -2.18. The van der Waals surface area contributed by atoms with E-state index in [9.17, 15) is 4.39 Å². The van der Waals surface area contributed by atoms with E-state index in [0.29, 0.717) is 5.95 Å². The predicted molar refractivity (Wildman–Crippen MR) is 62.7 cm³/mol. The number of hydrogen-bond donors (Lipinski definition) is 2. The van der Waals surface area contributed by atoms with Crippen LogP contribution in [-0.2, 0) is 6.54 Å². The van der Waals surface area contributed by atoms with Crippen molar-refractivity contribution in [3.05, 3.63) is 24.3 Å². The third-order valence-corrected chi connectivity index (χ3v) is 2.24. The predicted octanol–water partition coefficient (Wildman–Crippen LogP) is 1.62. The van der Waals surface area contributed by atoms with Gasteiger partial charge in [-0.1, -0.05) is 0 Å². The van der Waals surface area contributed by atoms with E-state index in [1.54, 1.807) is 24.0 Å². The van der Waals surface area contributed by atoms with Crippen molar-refractivity contribution in [1.29, 1.82) is 0 Å². The van der Waals surface area contributed by atoms with Crippen LogP contribution in [0.3, 0.4) is 0 Å². The average molecular weight is 236 g/mol. The molecule has 2 rings (SSSR count). The average Bonchev–Trinajstić information content (AvgIpc) is 2.79. The molecule has 0 aromatic carbocycles. The molecule has 0 amide bonds. The molecule has 0 spiro atoms. The minimum Gasteiger partial charge on any atom is -0.371 e. The minimum absolute atomic E-state index is 0.157. The van der Waals surface area contributed by atoms with Crippen LogP contribution in [0.25, 0.3) is 0 Å². The Kier molecular flexibility index (Phi) is 3.17. The van der Waals surface area contributed by atoms with Gasteiger partial charge in [-0.05, 0) is 6.92 Å². The number of halogens is 1. The van der Waals surface area contributed by atoms with Crippen LogP contribution >= 0.6 is 0 Å². The summed E-state index contributed by atoms with van der Waals surface area (Å²) >= 11 is 0. The fourth-order valence-corrected chi connectivity index (χ4v) is 1.41. The maximum atomic E-state index is 13.2. The summed E-state index contributed by atoms with van der Waals surface area (Å²) in [6.45, 7) is 2.71. The zero-order chi connectivity index (χ0) is 12.3. The lowest BCUT2D eigenvalue weighted by atomic mass is 10.5. The summed E-state index contributed by atoms with van der Waals surface area (Å²) in [5.41, 5.74) is 0. The smallest absolute Gasteiger partial charge is 0.230 e. The molecule has 0 aliphatic carbocycles. The maximum absolute atomic E-state index is 13.2. The lowest BCUT2D eigenvalue weighted by Gasteiger charge is -2.08. The molecule has 0 aliphatic heterocycles. The molecule has 0 bridgehead atoms. The van der Waals surface area contributed by atoms with Crippen LogP contribution in [0.5, 0.6) is 0 Å². The lowest BCUT2D eigenvalue weighted by molar-refractivity contribution is 0.618. The zero-order valence-corrected chi connectivity index (χ0v) is 9.61. The number of aromatic nitrogens is 4. The SMILES string of the molecule is CCn1nccc1Nc1ncc(F)c(NC)n1. The molecule has 7 heteroatoms. The minimum atomic E-state index is -0.484. The summed E-state index contributed by atoms with van der Waals surface area (Å²) in [6.07, 6.45) is 2.79. The second kappa shape index (κ2) is 4.77. The van der Waals surface area contributed by atoms with Gasteiger partial charge in [-0.25, -0.2) is 14.1 Å². The third kappa shape index (κ3) is 2.32. The summed E-state index contributed by atoms with van der Waals surface area (Å²) in [6, 6.07) is 1.80. The van der Waals surface area contributed by atoms with Gasteiger partial charge in [0.05, 0.1) is 12.4 Å². The van der Waals surface area contributed by atoms with E-state index in [-0.39, 0.29) is 5.82 Å². The van der Waals surface area contributed by atoms with Gasteiger partial charge in [0.15, 0.2) is 11.6 Å². The summed E-state index contributed by atoms with van der Waals surface area (Å²) < 4.78 is 14.9. The van der Waals surface area contributed by atoms with E-state index in [0.717, 1.165) is 18.6 Å². The number of aryl methyl sites for hydroxylation is 1. The molecule has 0 radical (unpaired) electrons. The van der Waals surface area contributed by atoms with Gasteiger partial charge in [-0.3, -0.25) is 0 Å². The van der Waals surface area contributed by atoms with Crippen LogP contribution < -0.4 is 10.6 Å². The zero-order valence-electron chi connectivity index (χ0n) is 9.61. The third-order valence-electron chi connectivity index (χ3n) is 2.24. The molecule has 0 atom stereocenters. The van der Waals surface area contributed by atoms with Crippen LogP contribution in [0.4, 0.5) is 22.0 Å². The first-order valence-electron chi connectivity index (χ1n) is 5.23. The summed E-state index contributed by atoms with van der Waals surface area (Å²) in [7, 11) is 1.60. The highest BCUT2D eigenvalue weighted by Crippen LogP contribution is 2.15. The van der Waals surface area contributed by atoms with Crippen LogP contribution in [0, 0.1) is 5.82 Å². The molecule has 0 fully saturated rings. The molecule has 0 unspecified atom stereocenters. The summed E-state index contributed by atoms with van der Waals surface area (Å²) in [4.78, 5) is 7.85. The summed E-state index contributed by atoms with van der Waals surface area (Å²) in [5.74, 6) is 0.763. The van der Waals surface area contributed by atoms with E-state index in [1.165, 1.54) is 0 Å².